The number of thiol groups is 1. The number of aliphatic carboxylic acids is 1. The molecule has 0 aliphatic heterocycles. The van der Waals surface area contributed by atoms with E-state index in [9.17, 15) is 19.2 Å². The van der Waals surface area contributed by atoms with Crippen molar-refractivity contribution in [3.63, 3.8) is 0 Å². The highest BCUT2D eigenvalue weighted by molar-refractivity contribution is 7.80. The Balaban J connectivity index is 5.16. The van der Waals surface area contributed by atoms with E-state index in [-0.39, 0.29) is 30.6 Å². The predicted octanol–water partition coefficient (Wildman–Crippen LogP) is -2.10. The van der Waals surface area contributed by atoms with Gasteiger partial charge >= 0.3 is 5.97 Å². The van der Waals surface area contributed by atoms with Crippen LogP contribution in [0.2, 0.25) is 0 Å². The fourth-order valence-corrected chi connectivity index (χ4v) is 2.66. The van der Waals surface area contributed by atoms with Crippen LogP contribution in [-0.4, -0.2) is 71.2 Å². The topological polar surface area (TPSA) is 215 Å². The summed E-state index contributed by atoms with van der Waals surface area (Å²) in [6.07, 6.45) is 1.27. The second-order valence-corrected chi connectivity index (χ2v) is 7.60. The Morgan fingerprint density at radius 1 is 1.00 bits per heavy atom. The zero-order chi connectivity index (χ0) is 24.1. The fourth-order valence-electron chi connectivity index (χ4n) is 2.41. The normalized spacial score (nSPS) is 15.5. The molecule has 178 valence electrons. The van der Waals surface area contributed by atoms with Crippen LogP contribution in [0.1, 0.15) is 40.0 Å². The molecular weight excluding hydrogens is 426 g/mol. The van der Waals surface area contributed by atoms with Crippen LogP contribution >= 0.6 is 12.6 Å². The third kappa shape index (κ3) is 10.9. The lowest BCUT2D eigenvalue weighted by Crippen LogP contribution is -2.57. The molecule has 31 heavy (non-hydrogen) atoms. The van der Waals surface area contributed by atoms with E-state index in [4.69, 9.17) is 22.3 Å². The molecule has 0 rings (SSSR count). The number of nitrogens with zero attached hydrogens (tertiary/aromatic N) is 1. The Bertz CT molecular complexity index is 657. The van der Waals surface area contributed by atoms with Gasteiger partial charge in [-0.2, -0.15) is 12.6 Å². The minimum Gasteiger partial charge on any atom is -0.480 e. The average Bonchev–Trinajstić information content (AvgIpc) is 2.71. The number of nitrogens with one attached hydrogen (secondary N) is 3. The number of rotatable bonds is 14. The van der Waals surface area contributed by atoms with E-state index in [0.717, 1.165) is 0 Å². The Hall–Kier alpha value is -2.54. The third-order valence-corrected chi connectivity index (χ3v) is 5.05. The van der Waals surface area contributed by atoms with Crippen LogP contribution in [0.25, 0.3) is 0 Å². The average molecular weight is 462 g/mol. The maximum atomic E-state index is 12.7. The highest BCUT2D eigenvalue weighted by Crippen LogP contribution is 2.07. The molecule has 10 N–H and O–H groups in total. The van der Waals surface area contributed by atoms with Gasteiger partial charge in [0.1, 0.15) is 18.1 Å². The maximum Gasteiger partial charge on any atom is 0.327 e. The SMILES string of the molecule is CCC(C)C(N)C(=O)NC(CCCN=C(N)N)C(=O)NC(C)C(=O)NC(CS)C(=O)O. The van der Waals surface area contributed by atoms with Gasteiger partial charge in [0.25, 0.3) is 0 Å². The number of hydrogen-bond donors (Lipinski definition) is 8. The molecule has 0 saturated carbocycles. The summed E-state index contributed by atoms with van der Waals surface area (Å²) in [7, 11) is 0. The van der Waals surface area contributed by atoms with Gasteiger partial charge in [-0.1, -0.05) is 20.3 Å². The van der Waals surface area contributed by atoms with Crippen molar-refractivity contribution in [2.24, 2.45) is 28.1 Å². The molecule has 0 bridgehead atoms. The van der Waals surface area contributed by atoms with Crippen LogP contribution in [0.15, 0.2) is 4.99 Å². The lowest BCUT2D eigenvalue weighted by molar-refractivity contribution is -0.141. The number of carboxylic acid groups (broad SMARTS) is 1. The van der Waals surface area contributed by atoms with Crippen LogP contribution in [0.4, 0.5) is 0 Å². The summed E-state index contributed by atoms with van der Waals surface area (Å²) in [5, 5.41) is 16.4. The number of guanidine groups is 1. The van der Waals surface area contributed by atoms with Gasteiger partial charge in [0.15, 0.2) is 5.96 Å². The van der Waals surface area contributed by atoms with Crippen molar-refractivity contribution in [1.29, 1.82) is 0 Å². The van der Waals surface area contributed by atoms with Gasteiger partial charge < -0.3 is 38.3 Å². The molecule has 0 aromatic heterocycles. The van der Waals surface area contributed by atoms with Crippen LogP contribution in [-0.2, 0) is 19.2 Å². The molecule has 0 heterocycles. The molecule has 0 aromatic rings. The lowest BCUT2D eigenvalue weighted by atomic mass is 9.98. The number of hydrogen-bond acceptors (Lipinski definition) is 7. The van der Waals surface area contributed by atoms with Crippen molar-refractivity contribution < 1.29 is 24.3 Å². The summed E-state index contributed by atoms with van der Waals surface area (Å²) in [5.41, 5.74) is 16.5. The lowest BCUT2D eigenvalue weighted by Gasteiger charge is -2.24. The van der Waals surface area contributed by atoms with E-state index in [1.165, 1.54) is 6.92 Å². The molecule has 12 nitrogen and oxygen atoms in total. The zero-order valence-corrected chi connectivity index (χ0v) is 19.0. The highest BCUT2D eigenvalue weighted by atomic mass is 32.1. The van der Waals surface area contributed by atoms with Crippen LogP contribution in [0, 0.1) is 5.92 Å². The molecule has 5 unspecified atom stereocenters. The van der Waals surface area contributed by atoms with Gasteiger partial charge in [-0.3, -0.25) is 19.4 Å². The molecule has 0 aliphatic carbocycles. The molecule has 0 aliphatic rings. The van der Waals surface area contributed by atoms with Crippen LogP contribution < -0.4 is 33.2 Å². The molecule has 5 atom stereocenters. The molecule has 0 fully saturated rings. The van der Waals surface area contributed by atoms with Gasteiger partial charge in [0.2, 0.25) is 17.7 Å². The summed E-state index contributed by atoms with van der Waals surface area (Å²) in [6, 6.07) is -4.02. The Kier molecular flexibility index (Phi) is 13.3. The number of amides is 3. The minimum absolute atomic E-state index is 0.0914. The van der Waals surface area contributed by atoms with Crippen molar-refractivity contribution in [2.45, 2.75) is 64.2 Å². The predicted molar refractivity (Wildman–Crippen MR) is 120 cm³/mol. The van der Waals surface area contributed by atoms with E-state index < -0.39 is 47.9 Å². The van der Waals surface area contributed by atoms with E-state index in [1.807, 2.05) is 13.8 Å². The molecular formula is C18H35N7O5S. The van der Waals surface area contributed by atoms with Gasteiger partial charge in [-0.25, -0.2) is 4.79 Å². The summed E-state index contributed by atoms with van der Waals surface area (Å²) < 4.78 is 0. The summed E-state index contributed by atoms with van der Waals surface area (Å²) >= 11 is 3.87. The van der Waals surface area contributed by atoms with Crippen molar-refractivity contribution in [1.82, 2.24) is 16.0 Å². The molecule has 0 spiro atoms. The first-order valence-corrected chi connectivity index (χ1v) is 10.6. The third-order valence-electron chi connectivity index (χ3n) is 4.69. The maximum absolute atomic E-state index is 12.7. The number of aliphatic imine (C=N–C) groups is 1. The van der Waals surface area contributed by atoms with Crippen molar-refractivity contribution in [3.8, 4) is 0 Å². The van der Waals surface area contributed by atoms with Crippen LogP contribution in [0.3, 0.4) is 0 Å². The minimum atomic E-state index is -1.24. The molecule has 0 aromatic carbocycles. The van der Waals surface area contributed by atoms with Gasteiger partial charge in [0.05, 0.1) is 6.04 Å². The highest BCUT2D eigenvalue weighted by Gasteiger charge is 2.28. The second-order valence-electron chi connectivity index (χ2n) is 7.23. The van der Waals surface area contributed by atoms with E-state index in [1.54, 1.807) is 0 Å². The van der Waals surface area contributed by atoms with Gasteiger partial charge in [-0.15, -0.1) is 0 Å². The first-order valence-electron chi connectivity index (χ1n) is 10.00. The smallest absolute Gasteiger partial charge is 0.327 e. The van der Waals surface area contributed by atoms with E-state index in [2.05, 4.69) is 33.6 Å². The monoisotopic (exact) mass is 461 g/mol. The number of carboxylic acids is 1. The summed E-state index contributed by atoms with van der Waals surface area (Å²) in [4.78, 5) is 52.2. The van der Waals surface area contributed by atoms with Crippen LogP contribution in [0.5, 0.6) is 0 Å². The van der Waals surface area contributed by atoms with Gasteiger partial charge in [0, 0.05) is 12.3 Å². The zero-order valence-electron chi connectivity index (χ0n) is 18.1. The van der Waals surface area contributed by atoms with E-state index >= 15 is 0 Å². The summed E-state index contributed by atoms with van der Waals surface area (Å²) in [6.45, 7) is 5.36. The van der Waals surface area contributed by atoms with Gasteiger partial charge in [-0.05, 0) is 25.7 Å². The molecule has 0 saturated heterocycles. The standard InChI is InChI=1S/C18H35N7O5S/c1-4-9(2)13(19)16(28)24-11(6-5-7-22-18(20)21)15(27)23-10(3)14(26)25-12(8-31)17(29)30/h9-13,31H,4-8,19H2,1-3H3,(H,23,27)(H,24,28)(H,25,26)(H,29,30)(H4,20,21,22). The van der Waals surface area contributed by atoms with Crippen molar-refractivity contribution in [2.75, 3.05) is 12.3 Å². The number of carbonyl (C=O) groups is 4. The molecule has 3 amide bonds. The molecule has 0 radical (unpaired) electrons. The largest absolute Gasteiger partial charge is 0.480 e. The number of carbonyl (C=O) groups excluding carboxylic acids is 3. The Morgan fingerprint density at radius 2 is 1.58 bits per heavy atom. The summed E-state index contributed by atoms with van der Waals surface area (Å²) in [5.74, 6) is -3.35. The van der Waals surface area contributed by atoms with Crippen molar-refractivity contribution in [3.05, 3.63) is 0 Å². The number of nitrogens with two attached hydrogens (primary N) is 3. The van der Waals surface area contributed by atoms with E-state index in [0.29, 0.717) is 12.8 Å². The first-order chi connectivity index (χ1) is 14.4. The second kappa shape index (κ2) is 14.5. The molecule has 13 heteroatoms. The van der Waals surface area contributed by atoms with Crippen molar-refractivity contribution >= 4 is 42.3 Å². The quantitative estimate of drug-likeness (QED) is 0.0619. The Labute approximate surface area is 187 Å². The Morgan fingerprint density at radius 3 is 2.06 bits per heavy atom. The fraction of sp³-hybridized carbons (Fsp3) is 0.722. The first kappa shape index (κ1) is 28.5.